The van der Waals surface area contributed by atoms with Crippen LogP contribution in [0.25, 0.3) is 11.4 Å². The second-order valence-corrected chi connectivity index (χ2v) is 7.83. The summed E-state index contributed by atoms with van der Waals surface area (Å²) in [6, 6.07) is 19.2. The zero-order chi connectivity index (χ0) is 20.1. The lowest BCUT2D eigenvalue weighted by molar-refractivity contribution is 0.772. The van der Waals surface area contributed by atoms with Crippen LogP contribution in [-0.2, 0) is 5.75 Å². The topological polar surface area (TPSA) is 56.0 Å². The Kier molecular flexibility index (Phi) is 6.24. The Bertz CT molecular complexity index is 1130. The van der Waals surface area contributed by atoms with Gasteiger partial charge in [-0.2, -0.15) is 9.78 Å². The number of hydrogen-bond donors (Lipinski definition) is 0. The van der Waals surface area contributed by atoms with E-state index in [0.717, 1.165) is 16.9 Å². The first-order valence-corrected chi connectivity index (χ1v) is 10.5. The molecule has 5 nitrogen and oxygen atoms in total. The van der Waals surface area contributed by atoms with E-state index in [0.29, 0.717) is 21.0 Å². The van der Waals surface area contributed by atoms with Gasteiger partial charge < -0.3 is 0 Å². The molecule has 0 unspecified atom stereocenters. The molecular weight excluding hydrogens is 425 g/mol. The van der Waals surface area contributed by atoms with Crippen molar-refractivity contribution in [1.29, 1.82) is 0 Å². The molecule has 0 saturated heterocycles. The fourth-order valence-electron chi connectivity index (χ4n) is 2.58. The number of hydrogen-bond acceptors (Lipinski definition) is 5. The van der Waals surface area contributed by atoms with E-state index in [-0.39, 0.29) is 0 Å². The van der Waals surface area contributed by atoms with Gasteiger partial charge in [-0.05, 0) is 29.8 Å². The van der Waals surface area contributed by atoms with E-state index in [2.05, 4.69) is 32.4 Å². The Morgan fingerprint density at radius 2 is 1.86 bits per heavy atom. The van der Waals surface area contributed by atoms with Crippen LogP contribution in [0.3, 0.4) is 0 Å². The molecule has 0 bridgehead atoms. The molecule has 0 radical (unpaired) electrons. The molecule has 4 rings (SSSR count). The molecule has 0 saturated carbocycles. The van der Waals surface area contributed by atoms with Crippen LogP contribution >= 0.6 is 35.0 Å². The van der Waals surface area contributed by atoms with Crippen LogP contribution in [0.2, 0.25) is 10.0 Å². The van der Waals surface area contributed by atoms with Crippen LogP contribution in [0.4, 0.5) is 0 Å². The maximum atomic E-state index is 6.28. The molecule has 0 N–H and O–H groups in total. The Labute approximate surface area is 182 Å². The van der Waals surface area contributed by atoms with Crippen LogP contribution in [-0.4, -0.2) is 26.1 Å². The monoisotopic (exact) mass is 439 g/mol. The van der Waals surface area contributed by atoms with Crippen molar-refractivity contribution in [3.8, 4) is 11.4 Å². The predicted octanol–water partition coefficient (Wildman–Crippen LogP) is 5.82. The molecule has 2 aromatic carbocycles. The molecule has 0 fully saturated rings. The van der Waals surface area contributed by atoms with Gasteiger partial charge >= 0.3 is 0 Å². The first kappa shape index (κ1) is 19.6. The fraction of sp³-hybridized carbons (Fsp3) is 0.0476. The normalized spacial score (nSPS) is 11.2. The lowest BCUT2D eigenvalue weighted by Gasteiger charge is -2.05. The summed E-state index contributed by atoms with van der Waals surface area (Å²) in [4.78, 5) is 4.17. The maximum Gasteiger partial charge on any atom is 0.212 e. The average Bonchev–Trinajstić information content (AvgIpc) is 3.16. The Morgan fingerprint density at radius 3 is 2.62 bits per heavy atom. The summed E-state index contributed by atoms with van der Waals surface area (Å²) in [5.74, 6) is 1.36. The van der Waals surface area contributed by atoms with Crippen LogP contribution in [0.15, 0.2) is 83.3 Å². The van der Waals surface area contributed by atoms with Gasteiger partial charge in [0.05, 0.1) is 11.2 Å². The van der Waals surface area contributed by atoms with Crippen molar-refractivity contribution < 1.29 is 0 Å². The second-order valence-electron chi connectivity index (χ2n) is 6.04. The minimum Gasteiger partial charge on any atom is -0.264 e. The Hall–Kier alpha value is -2.67. The predicted molar refractivity (Wildman–Crippen MR) is 119 cm³/mol. The standard InChI is InChI=1S/C21H15Cl2N5S/c22-18-9-8-16(19(23)11-18)13-25-28-20(17-7-4-10-24-12-17)26-27-21(28)29-14-15-5-2-1-3-6-15/h1-13H,14H2/b25-13-. The number of nitrogens with zero attached hydrogens (tertiary/aromatic N) is 5. The van der Waals surface area contributed by atoms with Crippen LogP contribution in [0, 0.1) is 0 Å². The summed E-state index contributed by atoms with van der Waals surface area (Å²) < 4.78 is 1.70. The SMILES string of the molecule is Clc1ccc(/C=N\n2c(SCc3ccccc3)nnc2-c2cccnc2)c(Cl)c1. The second kappa shape index (κ2) is 9.22. The summed E-state index contributed by atoms with van der Waals surface area (Å²) in [6.07, 6.45) is 5.12. The molecule has 0 aliphatic rings. The van der Waals surface area contributed by atoms with Crippen LogP contribution in [0.5, 0.6) is 0 Å². The number of aromatic nitrogens is 4. The van der Waals surface area contributed by atoms with E-state index in [1.54, 1.807) is 47.2 Å². The van der Waals surface area contributed by atoms with Gasteiger partial charge in [-0.25, -0.2) is 0 Å². The highest BCUT2D eigenvalue weighted by atomic mass is 35.5. The summed E-state index contributed by atoms with van der Waals surface area (Å²) in [5, 5.41) is 15.0. The summed E-state index contributed by atoms with van der Waals surface area (Å²) in [7, 11) is 0. The summed E-state index contributed by atoms with van der Waals surface area (Å²) in [5.41, 5.74) is 2.77. The van der Waals surface area contributed by atoms with Crippen molar-refractivity contribution in [2.45, 2.75) is 10.9 Å². The van der Waals surface area contributed by atoms with Gasteiger partial charge in [0, 0.05) is 34.3 Å². The highest BCUT2D eigenvalue weighted by Gasteiger charge is 2.14. The van der Waals surface area contributed by atoms with Crippen molar-refractivity contribution in [1.82, 2.24) is 19.9 Å². The van der Waals surface area contributed by atoms with Gasteiger partial charge in [0.25, 0.3) is 0 Å². The molecule has 144 valence electrons. The third-order valence-corrected chi connectivity index (χ3v) is 5.57. The van der Waals surface area contributed by atoms with Gasteiger partial charge in [0.1, 0.15) is 0 Å². The average molecular weight is 440 g/mol. The van der Waals surface area contributed by atoms with E-state index < -0.39 is 0 Å². The summed E-state index contributed by atoms with van der Waals surface area (Å²) in [6.45, 7) is 0. The van der Waals surface area contributed by atoms with E-state index in [1.807, 2.05) is 36.4 Å². The van der Waals surface area contributed by atoms with Crippen molar-refractivity contribution in [3.05, 3.63) is 94.2 Å². The Morgan fingerprint density at radius 1 is 1.00 bits per heavy atom. The van der Waals surface area contributed by atoms with E-state index >= 15 is 0 Å². The van der Waals surface area contributed by atoms with E-state index in [1.165, 1.54) is 5.56 Å². The van der Waals surface area contributed by atoms with Crippen molar-refractivity contribution in [2.75, 3.05) is 0 Å². The molecule has 0 amide bonds. The van der Waals surface area contributed by atoms with Crippen molar-refractivity contribution >= 4 is 41.2 Å². The zero-order valence-electron chi connectivity index (χ0n) is 15.1. The molecule has 8 heteroatoms. The minimum absolute atomic E-state index is 0.524. The molecule has 0 spiro atoms. The molecule has 2 aromatic heterocycles. The number of benzene rings is 2. The molecule has 4 aromatic rings. The lowest BCUT2D eigenvalue weighted by Crippen LogP contribution is -1.98. The van der Waals surface area contributed by atoms with E-state index in [4.69, 9.17) is 23.2 Å². The first-order valence-electron chi connectivity index (χ1n) is 8.72. The molecule has 0 aliphatic carbocycles. The fourth-order valence-corrected chi connectivity index (χ4v) is 3.88. The number of halogens is 2. The highest BCUT2D eigenvalue weighted by molar-refractivity contribution is 7.98. The Balaban J connectivity index is 1.68. The third kappa shape index (κ3) is 4.85. The first-order chi connectivity index (χ1) is 14.2. The van der Waals surface area contributed by atoms with Crippen LogP contribution < -0.4 is 0 Å². The quantitative estimate of drug-likeness (QED) is 0.280. The third-order valence-electron chi connectivity index (χ3n) is 4.02. The molecule has 2 heterocycles. The van der Waals surface area contributed by atoms with Crippen molar-refractivity contribution in [3.63, 3.8) is 0 Å². The van der Waals surface area contributed by atoms with Gasteiger partial charge in [0.2, 0.25) is 5.16 Å². The van der Waals surface area contributed by atoms with Crippen LogP contribution in [0.1, 0.15) is 11.1 Å². The molecule has 0 atom stereocenters. The number of rotatable bonds is 6. The molecular formula is C21H15Cl2N5S. The van der Waals surface area contributed by atoms with E-state index in [9.17, 15) is 0 Å². The number of pyridine rings is 1. The lowest BCUT2D eigenvalue weighted by atomic mass is 10.2. The largest absolute Gasteiger partial charge is 0.264 e. The minimum atomic E-state index is 0.524. The smallest absolute Gasteiger partial charge is 0.212 e. The summed E-state index contributed by atoms with van der Waals surface area (Å²) >= 11 is 13.8. The van der Waals surface area contributed by atoms with Gasteiger partial charge in [0.15, 0.2) is 5.82 Å². The maximum absolute atomic E-state index is 6.28. The van der Waals surface area contributed by atoms with Crippen molar-refractivity contribution in [2.24, 2.45) is 5.10 Å². The van der Waals surface area contributed by atoms with Gasteiger partial charge in [-0.3, -0.25) is 4.98 Å². The van der Waals surface area contributed by atoms with Gasteiger partial charge in [-0.1, -0.05) is 71.4 Å². The number of thioether (sulfide) groups is 1. The molecule has 29 heavy (non-hydrogen) atoms. The highest BCUT2D eigenvalue weighted by Crippen LogP contribution is 2.26. The van der Waals surface area contributed by atoms with Gasteiger partial charge in [-0.15, -0.1) is 10.2 Å². The molecule has 0 aliphatic heterocycles. The zero-order valence-corrected chi connectivity index (χ0v) is 17.4.